The van der Waals surface area contributed by atoms with Crippen molar-refractivity contribution in [2.24, 2.45) is 5.92 Å². The third-order valence-electron chi connectivity index (χ3n) is 2.00. The Bertz CT molecular complexity index is 249. The van der Waals surface area contributed by atoms with Crippen LogP contribution in [0, 0.1) is 5.92 Å². The van der Waals surface area contributed by atoms with Crippen molar-refractivity contribution < 1.29 is 9.53 Å². The van der Waals surface area contributed by atoms with Crippen LogP contribution in [0.5, 0.6) is 0 Å². The van der Waals surface area contributed by atoms with Crippen LogP contribution < -0.4 is 0 Å². The van der Waals surface area contributed by atoms with Crippen LogP contribution in [0.4, 0.5) is 0 Å². The van der Waals surface area contributed by atoms with E-state index in [0.717, 1.165) is 0 Å². The molecule has 0 rings (SSSR count). The minimum Gasteiger partial charge on any atom is -0.377 e. The number of ether oxygens (including phenoxy) is 1. The molecule has 0 bridgehead atoms. The molecule has 14 heavy (non-hydrogen) atoms. The van der Waals surface area contributed by atoms with E-state index in [1.807, 2.05) is 19.1 Å². The lowest BCUT2D eigenvalue weighted by Gasteiger charge is -2.03. The predicted molar refractivity (Wildman–Crippen MR) is 59.1 cm³/mol. The van der Waals surface area contributed by atoms with Gasteiger partial charge in [-0.05, 0) is 18.9 Å². The quantitative estimate of drug-likeness (QED) is 0.369. The Morgan fingerprint density at radius 1 is 1.57 bits per heavy atom. The Labute approximate surface area is 86.0 Å². The summed E-state index contributed by atoms with van der Waals surface area (Å²) in [6, 6.07) is 0. The monoisotopic (exact) mass is 194 g/mol. The van der Waals surface area contributed by atoms with Crippen LogP contribution in [0.15, 0.2) is 36.5 Å². The second kappa shape index (κ2) is 7.27. The first kappa shape index (κ1) is 12.8. The predicted octanol–water partition coefficient (Wildman–Crippen LogP) is 2.53. The Morgan fingerprint density at radius 3 is 2.71 bits per heavy atom. The van der Waals surface area contributed by atoms with Crippen LogP contribution in [0.1, 0.15) is 13.8 Å². The van der Waals surface area contributed by atoms with E-state index in [-0.39, 0.29) is 12.4 Å². The maximum absolute atomic E-state index is 11.0. The summed E-state index contributed by atoms with van der Waals surface area (Å²) in [5.41, 5.74) is 1.18. The molecule has 78 valence electrons. The number of hydrogen-bond donors (Lipinski definition) is 0. The number of allylic oxidation sites excluding steroid dienone is 4. The molecular weight excluding hydrogens is 176 g/mol. The molecule has 0 N–H and O–H groups in total. The smallest absolute Gasteiger partial charge is 0.181 e. The normalized spacial score (nSPS) is 14.4. The van der Waals surface area contributed by atoms with Gasteiger partial charge in [-0.2, -0.15) is 0 Å². The molecule has 0 aliphatic rings. The zero-order chi connectivity index (χ0) is 11.0. The summed E-state index contributed by atoms with van der Waals surface area (Å²) in [5.74, 6) is 0.319. The fourth-order valence-electron chi connectivity index (χ4n) is 0.835. The van der Waals surface area contributed by atoms with E-state index >= 15 is 0 Å². The van der Waals surface area contributed by atoms with Crippen LogP contribution in [0.2, 0.25) is 0 Å². The molecule has 2 nitrogen and oxygen atoms in total. The van der Waals surface area contributed by atoms with E-state index in [1.54, 1.807) is 6.08 Å². The standard InChI is InChI=1S/C12H18O2/c1-5-10(2)11(3)7-6-8-12(13)9-14-4/h5-8,10H,1,9H2,2-4H3/b8-6-,11-7?. The van der Waals surface area contributed by atoms with E-state index in [2.05, 4.69) is 13.5 Å². The molecule has 1 atom stereocenters. The van der Waals surface area contributed by atoms with Crippen molar-refractivity contribution in [1.29, 1.82) is 0 Å². The first-order valence-corrected chi connectivity index (χ1v) is 4.61. The fourth-order valence-corrected chi connectivity index (χ4v) is 0.835. The van der Waals surface area contributed by atoms with Gasteiger partial charge in [-0.25, -0.2) is 0 Å². The minimum absolute atomic E-state index is 0.0252. The highest BCUT2D eigenvalue weighted by Gasteiger charge is 1.96. The molecule has 0 saturated carbocycles. The van der Waals surface area contributed by atoms with E-state index < -0.39 is 0 Å². The topological polar surface area (TPSA) is 26.3 Å². The van der Waals surface area contributed by atoms with Gasteiger partial charge in [0.2, 0.25) is 0 Å². The van der Waals surface area contributed by atoms with E-state index in [0.29, 0.717) is 5.92 Å². The Balaban J connectivity index is 4.13. The molecule has 0 aliphatic carbocycles. The van der Waals surface area contributed by atoms with Crippen LogP contribution >= 0.6 is 0 Å². The molecule has 0 saturated heterocycles. The van der Waals surface area contributed by atoms with E-state index in [1.165, 1.54) is 18.8 Å². The molecule has 0 fully saturated rings. The Kier molecular flexibility index (Phi) is 6.68. The van der Waals surface area contributed by atoms with Gasteiger partial charge in [-0.1, -0.05) is 30.7 Å². The lowest BCUT2D eigenvalue weighted by molar-refractivity contribution is -0.118. The summed E-state index contributed by atoms with van der Waals surface area (Å²) < 4.78 is 4.69. The van der Waals surface area contributed by atoms with Gasteiger partial charge < -0.3 is 4.74 Å². The average molecular weight is 194 g/mol. The Morgan fingerprint density at radius 2 is 2.21 bits per heavy atom. The lowest BCUT2D eigenvalue weighted by atomic mass is 10.0. The lowest BCUT2D eigenvalue weighted by Crippen LogP contribution is -2.01. The highest BCUT2D eigenvalue weighted by molar-refractivity contribution is 5.90. The van der Waals surface area contributed by atoms with Gasteiger partial charge >= 0.3 is 0 Å². The molecule has 0 aromatic rings. The number of methoxy groups -OCH3 is 1. The number of carbonyl (C=O) groups excluding carboxylic acids is 1. The van der Waals surface area contributed by atoms with Gasteiger partial charge in [0.05, 0.1) is 0 Å². The van der Waals surface area contributed by atoms with Gasteiger partial charge in [0.15, 0.2) is 5.78 Å². The van der Waals surface area contributed by atoms with Gasteiger partial charge in [0.25, 0.3) is 0 Å². The summed E-state index contributed by atoms with van der Waals surface area (Å²) in [5, 5.41) is 0. The average Bonchev–Trinajstić information content (AvgIpc) is 2.16. The zero-order valence-corrected chi connectivity index (χ0v) is 9.12. The van der Waals surface area contributed by atoms with Crippen molar-refractivity contribution >= 4 is 5.78 Å². The molecule has 0 amide bonds. The SMILES string of the molecule is C=CC(C)C(C)=C/C=C\C(=O)COC. The van der Waals surface area contributed by atoms with Crippen LogP contribution in [-0.4, -0.2) is 19.5 Å². The molecule has 0 aromatic heterocycles. The zero-order valence-electron chi connectivity index (χ0n) is 9.12. The van der Waals surface area contributed by atoms with Crippen molar-refractivity contribution in [3.8, 4) is 0 Å². The number of hydrogen-bond acceptors (Lipinski definition) is 2. The third kappa shape index (κ3) is 5.49. The summed E-state index contributed by atoms with van der Waals surface area (Å²) in [4.78, 5) is 11.0. The van der Waals surface area contributed by atoms with Crippen LogP contribution in [0.3, 0.4) is 0 Å². The second-order valence-corrected chi connectivity index (χ2v) is 3.19. The molecule has 0 aromatic carbocycles. The molecule has 0 heterocycles. The molecule has 0 radical (unpaired) electrons. The van der Waals surface area contributed by atoms with Gasteiger partial charge in [-0.15, -0.1) is 6.58 Å². The maximum Gasteiger partial charge on any atom is 0.181 e. The largest absolute Gasteiger partial charge is 0.377 e. The van der Waals surface area contributed by atoms with Gasteiger partial charge in [0, 0.05) is 7.11 Å². The summed E-state index contributed by atoms with van der Waals surface area (Å²) in [6.45, 7) is 7.91. The summed E-state index contributed by atoms with van der Waals surface area (Å²) in [7, 11) is 1.51. The fraction of sp³-hybridized carbons (Fsp3) is 0.417. The van der Waals surface area contributed by atoms with Crippen molar-refractivity contribution in [2.45, 2.75) is 13.8 Å². The van der Waals surface area contributed by atoms with E-state index in [4.69, 9.17) is 4.74 Å². The van der Waals surface area contributed by atoms with Gasteiger partial charge in [-0.3, -0.25) is 4.79 Å². The van der Waals surface area contributed by atoms with Crippen LogP contribution in [-0.2, 0) is 9.53 Å². The summed E-state index contributed by atoms with van der Waals surface area (Å²) >= 11 is 0. The van der Waals surface area contributed by atoms with Crippen LogP contribution in [0.25, 0.3) is 0 Å². The summed E-state index contributed by atoms with van der Waals surface area (Å²) in [6.07, 6.45) is 7.05. The minimum atomic E-state index is -0.0252. The molecule has 2 heteroatoms. The highest BCUT2D eigenvalue weighted by atomic mass is 16.5. The number of rotatable bonds is 6. The molecule has 1 unspecified atom stereocenters. The van der Waals surface area contributed by atoms with Crippen molar-refractivity contribution in [3.63, 3.8) is 0 Å². The Hall–Kier alpha value is -1.15. The van der Waals surface area contributed by atoms with Gasteiger partial charge in [0.1, 0.15) is 6.61 Å². The number of carbonyl (C=O) groups is 1. The third-order valence-corrected chi connectivity index (χ3v) is 2.00. The van der Waals surface area contributed by atoms with Crippen molar-refractivity contribution in [3.05, 3.63) is 36.5 Å². The highest BCUT2D eigenvalue weighted by Crippen LogP contribution is 2.09. The van der Waals surface area contributed by atoms with Crippen molar-refractivity contribution in [1.82, 2.24) is 0 Å². The second-order valence-electron chi connectivity index (χ2n) is 3.19. The van der Waals surface area contributed by atoms with E-state index in [9.17, 15) is 4.79 Å². The first-order chi connectivity index (χ1) is 6.61. The number of ketones is 1. The maximum atomic E-state index is 11.0. The molecule has 0 aliphatic heterocycles. The van der Waals surface area contributed by atoms with Crippen molar-refractivity contribution in [2.75, 3.05) is 13.7 Å². The molecule has 0 spiro atoms. The first-order valence-electron chi connectivity index (χ1n) is 4.61. The molecular formula is C12H18O2.